The highest BCUT2D eigenvalue weighted by atomic mass is 16.6. The first-order valence-electron chi connectivity index (χ1n) is 23.8. The van der Waals surface area contributed by atoms with Gasteiger partial charge in [0.05, 0.1) is 12.8 Å². The molecule has 14 nitrogen and oxygen atoms in total. The number of benzene rings is 2. The number of ether oxygens (including phenoxy) is 2. The van der Waals surface area contributed by atoms with Crippen LogP contribution in [0.2, 0.25) is 0 Å². The summed E-state index contributed by atoms with van der Waals surface area (Å²) in [6.07, 6.45) is 11.0. The maximum absolute atomic E-state index is 14.5. The van der Waals surface area contributed by atoms with Gasteiger partial charge in [0.25, 0.3) is 0 Å². The topological polar surface area (TPSA) is 221 Å². The van der Waals surface area contributed by atoms with Crippen LogP contribution in [0.4, 0.5) is 0 Å². The van der Waals surface area contributed by atoms with Gasteiger partial charge in [-0.2, -0.15) is 0 Å². The highest BCUT2D eigenvalue weighted by Crippen LogP contribution is 2.61. The zero-order valence-electron chi connectivity index (χ0n) is 38.3. The minimum Gasteiger partial charge on any atom is -0.508 e. The number of carbonyl (C=O) groups is 1. The third kappa shape index (κ3) is 7.14. The zero-order chi connectivity index (χ0) is 46.2. The number of dihydropyridines is 2. The standard InChI is InChI=1S/C52H63N5O9/c1-5-26(14-16-54-4)51(63)65-41-21-37-46(62)44-40(61)20-30(23-58)64-48(44)45-42-35-15-17-55-49(53)43(35)33(11-8-27-7-9-29(60)19-36(27)38(42)24-59)32-13-12-31-28(18-39(32)52(41,3)66-47(37)45)22-56-50-34(31)10-6-25(2)57-50/h5,7,9,15,19-20,22,25,32-33,38-39,41-42,50,54-60,62H,6,8,10-14,16-18,21,23-24,53H2,1-4H3. The van der Waals surface area contributed by atoms with Crippen LogP contribution in [-0.4, -0.2) is 77.1 Å². The molecule has 1 aromatic heterocycles. The number of phenols is 2. The van der Waals surface area contributed by atoms with Crippen LogP contribution in [0.3, 0.4) is 0 Å². The maximum Gasteiger partial charge on any atom is 0.334 e. The predicted molar refractivity (Wildman–Crippen MR) is 249 cm³/mol. The third-order valence-electron chi connectivity index (χ3n) is 16.2. The predicted octanol–water partition coefficient (Wildman–Crippen LogP) is 5.29. The Kier molecular flexibility index (Phi) is 11.6. The van der Waals surface area contributed by atoms with Crippen LogP contribution < -0.4 is 37.2 Å². The lowest BCUT2D eigenvalue weighted by Gasteiger charge is -2.52. The van der Waals surface area contributed by atoms with Crippen LogP contribution in [0.15, 0.2) is 91.1 Å². The van der Waals surface area contributed by atoms with Crippen LogP contribution >= 0.6 is 0 Å². The van der Waals surface area contributed by atoms with Gasteiger partial charge in [0.2, 0.25) is 0 Å². The Morgan fingerprint density at radius 2 is 1.94 bits per heavy atom. The number of phenolic OH excluding ortho intramolecular Hbond substituents is 2. The molecule has 5 aliphatic heterocycles. The van der Waals surface area contributed by atoms with Gasteiger partial charge in [-0.05, 0) is 149 Å². The maximum atomic E-state index is 14.5. The van der Waals surface area contributed by atoms with E-state index in [2.05, 4.69) is 40.5 Å². The number of hydrogen-bond donors (Lipinski definition) is 9. The number of carbonyl (C=O) groups excluding carboxylic acids is 1. The van der Waals surface area contributed by atoms with Gasteiger partial charge in [0, 0.05) is 65.7 Å². The lowest BCUT2D eigenvalue weighted by molar-refractivity contribution is -0.169. The number of allylic oxidation sites excluding steroid dienone is 5. The van der Waals surface area contributed by atoms with Gasteiger partial charge < -0.3 is 56.0 Å². The van der Waals surface area contributed by atoms with Gasteiger partial charge in [-0.3, -0.25) is 10.1 Å². The van der Waals surface area contributed by atoms with Crippen molar-refractivity contribution in [3.8, 4) is 17.2 Å². The van der Waals surface area contributed by atoms with E-state index in [9.17, 15) is 30.0 Å². The molecule has 6 heterocycles. The van der Waals surface area contributed by atoms with Crippen LogP contribution in [0, 0.1) is 17.8 Å². The molecule has 10 rings (SSSR count). The van der Waals surface area contributed by atoms with Crippen molar-refractivity contribution >= 4 is 16.9 Å². The van der Waals surface area contributed by atoms with E-state index in [4.69, 9.17) is 19.6 Å². The molecule has 0 amide bonds. The summed E-state index contributed by atoms with van der Waals surface area (Å²) in [6.45, 7) is 6.07. The monoisotopic (exact) mass is 901 g/mol. The van der Waals surface area contributed by atoms with Crippen molar-refractivity contribution < 1.29 is 39.1 Å². The van der Waals surface area contributed by atoms with E-state index in [0.717, 1.165) is 48.0 Å². The Balaban J connectivity index is 1.31. The molecule has 0 radical (unpaired) electrons. The van der Waals surface area contributed by atoms with E-state index in [0.29, 0.717) is 61.8 Å². The molecule has 10 N–H and O–H groups in total. The molecule has 1 saturated heterocycles. The van der Waals surface area contributed by atoms with E-state index in [1.165, 1.54) is 22.8 Å². The first kappa shape index (κ1) is 44.3. The molecule has 9 unspecified atom stereocenters. The van der Waals surface area contributed by atoms with Crippen LogP contribution in [0.25, 0.3) is 11.0 Å². The number of fused-ring (bicyclic) bond motifs is 10. The number of aromatic hydroxyl groups is 2. The molecule has 2 aromatic carbocycles. The van der Waals surface area contributed by atoms with Gasteiger partial charge >= 0.3 is 5.97 Å². The molecule has 2 fully saturated rings. The number of aliphatic hydroxyl groups excluding tert-OH is 2. The van der Waals surface area contributed by atoms with Crippen molar-refractivity contribution in [1.82, 2.24) is 21.3 Å². The first-order valence-corrected chi connectivity index (χ1v) is 23.8. The number of hydrogen-bond acceptors (Lipinski definition) is 14. The molecule has 7 aliphatic rings. The third-order valence-corrected chi connectivity index (χ3v) is 16.2. The molecule has 3 aromatic rings. The molecule has 66 heavy (non-hydrogen) atoms. The fourth-order valence-corrected chi connectivity index (χ4v) is 12.9. The van der Waals surface area contributed by atoms with Crippen molar-refractivity contribution in [3.63, 3.8) is 0 Å². The Morgan fingerprint density at radius 3 is 2.71 bits per heavy atom. The van der Waals surface area contributed by atoms with Crippen LogP contribution in [-0.2, 0) is 29.0 Å². The summed E-state index contributed by atoms with van der Waals surface area (Å²) in [5, 5.41) is 60.0. The molecule has 350 valence electrons. The van der Waals surface area contributed by atoms with Crippen molar-refractivity contribution in [2.45, 2.75) is 121 Å². The SMILES string of the molecule is CC=C(CCNC)C(=O)OC1Cc2c3c(c4oc(CO)cc(=O)c4c2O)C2C4=CCNC(N)=C4C(CCc4ccc(O)cc4C2CO)C2CCC4=C5CCC(C)NC5NC=C4CC2C1(C)O3. The molecule has 2 aliphatic carbocycles. The number of aliphatic hydroxyl groups is 2. The van der Waals surface area contributed by atoms with Crippen LogP contribution in [0.5, 0.6) is 17.2 Å². The lowest BCUT2D eigenvalue weighted by atomic mass is 9.61. The summed E-state index contributed by atoms with van der Waals surface area (Å²) >= 11 is 0. The summed E-state index contributed by atoms with van der Waals surface area (Å²) in [7, 11) is 1.83. The van der Waals surface area contributed by atoms with Gasteiger partial charge in [-0.25, -0.2) is 4.79 Å². The number of esters is 1. The van der Waals surface area contributed by atoms with Crippen molar-refractivity contribution in [3.05, 3.63) is 120 Å². The normalized spacial score (nSPS) is 30.2. The molecule has 1 saturated carbocycles. The van der Waals surface area contributed by atoms with Crippen molar-refractivity contribution in [1.29, 1.82) is 0 Å². The fourth-order valence-electron chi connectivity index (χ4n) is 12.9. The Morgan fingerprint density at radius 1 is 1.11 bits per heavy atom. The lowest BCUT2D eigenvalue weighted by Crippen LogP contribution is -2.59. The Bertz CT molecular complexity index is 2710. The largest absolute Gasteiger partial charge is 0.508 e. The van der Waals surface area contributed by atoms with Crippen molar-refractivity contribution in [2.75, 3.05) is 26.7 Å². The summed E-state index contributed by atoms with van der Waals surface area (Å²) in [4.78, 5) is 28.8. The second-order valence-corrected chi connectivity index (χ2v) is 19.6. The first-order chi connectivity index (χ1) is 31.9. The molecule has 9 atom stereocenters. The Labute approximate surface area is 384 Å². The van der Waals surface area contributed by atoms with E-state index >= 15 is 0 Å². The summed E-state index contributed by atoms with van der Waals surface area (Å²) in [5.41, 5.74) is 14.1. The molecular formula is C52H63N5O9. The fraction of sp³-hybridized carbons (Fsp3) is 0.500. The molecular weight excluding hydrogens is 839 g/mol. The summed E-state index contributed by atoms with van der Waals surface area (Å²) in [6, 6.07) is 6.89. The average molecular weight is 902 g/mol. The number of nitrogens with two attached hydrogens (primary N) is 1. The summed E-state index contributed by atoms with van der Waals surface area (Å²) in [5.74, 6) is -2.15. The second kappa shape index (κ2) is 17.3. The van der Waals surface area contributed by atoms with Crippen LogP contribution in [0.1, 0.15) is 106 Å². The van der Waals surface area contributed by atoms with Gasteiger partial charge in [0.15, 0.2) is 5.43 Å². The quantitative estimate of drug-likeness (QED) is 0.109. The van der Waals surface area contributed by atoms with Gasteiger partial charge in [-0.1, -0.05) is 18.2 Å². The molecule has 4 bridgehead atoms. The van der Waals surface area contributed by atoms with Gasteiger partial charge in [-0.15, -0.1) is 0 Å². The molecule has 0 spiro atoms. The minimum atomic E-state index is -1.26. The smallest absolute Gasteiger partial charge is 0.334 e. The van der Waals surface area contributed by atoms with E-state index < -0.39 is 41.5 Å². The number of rotatable bonds is 7. The van der Waals surface area contributed by atoms with E-state index in [1.807, 2.05) is 27.0 Å². The summed E-state index contributed by atoms with van der Waals surface area (Å²) < 4.78 is 21.0. The minimum absolute atomic E-state index is 0.00818. The van der Waals surface area contributed by atoms with E-state index in [-0.39, 0.29) is 76.5 Å². The molecule has 14 heteroatoms. The highest BCUT2D eigenvalue weighted by molar-refractivity contribution is 5.92. The van der Waals surface area contributed by atoms with Gasteiger partial charge in [0.1, 0.15) is 58.1 Å². The number of aryl methyl sites for hydroxylation is 1. The number of piperidine rings is 1. The number of nitrogens with one attached hydrogen (secondary N) is 4. The van der Waals surface area contributed by atoms with Crippen molar-refractivity contribution in [2.24, 2.45) is 23.5 Å². The highest BCUT2D eigenvalue weighted by Gasteiger charge is 2.58. The van der Waals surface area contributed by atoms with E-state index in [1.54, 1.807) is 18.2 Å². The average Bonchev–Trinajstić information content (AvgIpc) is 3.47. The zero-order valence-corrected chi connectivity index (χ0v) is 38.3. The Hall–Kier alpha value is -5.54. The second-order valence-electron chi connectivity index (χ2n) is 19.6.